The van der Waals surface area contributed by atoms with Crippen molar-refractivity contribution in [3.05, 3.63) is 11.1 Å². The zero-order valence-electron chi connectivity index (χ0n) is 17.7. The summed E-state index contributed by atoms with van der Waals surface area (Å²) in [5, 5.41) is 3.74. The quantitative estimate of drug-likeness (QED) is 0.730. The molecule has 2 heterocycles. The van der Waals surface area contributed by atoms with E-state index in [4.69, 9.17) is 0 Å². The number of nitrogens with zero attached hydrogens (tertiary/aromatic N) is 3. The summed E-state index contributed by atoms with van der Waals surface area (Å²) in [7, 11) is -2.87. The summed E-state index contributed by atoms with van der Waals surface area (Å²) in [5.74, 6) is 0.459. The van der Waals surface area contributed by atoms with E-state index in [1.54, 1.807) is 0 Å². The maximum atomic E-state index is 13.3. The molecule has 2 saturated carbocycles. The number of aromatic nitrogens is 1. The molecule has 1 saturated heterocycles. The maximum absolute atomic E-state index is 13.3. The lowest BCUT2D eigenvalue weighted by molar-refractivity contribution is 0.114. The first-order valence-electron chi connectivity index (χ1n) is 11.5. The third kappa shape index (κ3) is 5.73. The summed E-state index contributed by atoms with van der Waals surface area (Å²) in [6.07, 6.45) is 13.7. The Hall–Kier alpha value is -1.19. The molecular weight excluding hydrogens is 420 g/mol. The summed E-state index contributed by atoms with van der Waals surface area (Å²) >= 11 is 1.50. The molecule has 0 bridgehead atoms. The molecule has 1 aromatic rings. The van der Waals surface area contributed by atoms with Gasteiger partial charge in [-0.1, -0.05) is 38.5 Å². The van der Waals surface area contributed by atoms with Crippen LogP contribution in [0.15, 0.2) is 6.20 Å². The van der Waals surface area contributed by atoms with Gasteiger partial charge in [-0.2, -0.15) is 0 Å². The predicted octanol–water partition coefficient (Wildman–Crippen LogP) is 3.87. The van der Waals surface area contributed by atoms with Crippen LogP contribution in [0, 0.1) is 0 Å². The lowest BCUT2D eigenvalue weighted by atomic mass is 9.89. The highest BCUT2D eigenvalue weighted by Gasteiger charge is 2.33. The van der Waals surface area contributed by atoms with Crippen molar-refractivity contribution in [3.63, 3.8) is 0 Å². The Morgan fingerprint density at radius 3 is 2.17 bits per heavy atom. The number of amides is 2. The maximum Gasteiger partial charge on any atom is 0.324 e. The van der Waals surface area contributed by atoms with Crippen LogP contribution in [0.4, 0.5) is 9.93 Å². The fourth-order valence-corrected chi connectivity index (χ4v) is 7.19. The first-order chi connectivity index (χ1) is 14.5. The van der Waals surface area contributed by atoms with Gasteiger partial charge in [0.2, 0.25) is 0 Å². The van der Waals surface area contributed by atoms with E-state index >= 15 is 0 Å². The standard InChI is InChI=1S/C21H34N4O3S2/c26-21(25(17-7-3-1-4-8-17)18-9-5-2-6-10-18)23-20-22-15-19(29-20)16-24-11-13-30(27,28)14-12-24/h15,17-18H,1-14,16H2,(H,22,23,26). The molecule has 3 aliphatic rings. The van der Waals surface area contributed by atoms with Gasteiger partial charge in [0.1, 0.15) is 0 Å². The number of thiazole rings is 1. The summed E-state index contributed by atoms with van der Waals surface area (Å²) in [6, 6.07) is 0.729. The molecule has 168 valence electrons. The molecule has 0 atom stereocenters. The van der Waals surface area contributed by atoms with E-state index in [-0.39, 0.29) is 17.5 Å². The highest BCUT2D eigenvalue weighted by molar-refractivity contribution is 7.91. The molecule has 9 heteroatoms. The number of anilines is 1. The molecule has 0 unspecified atom stereocenters. The molecule has 2 aliphatic carbocycles. The van der Waals surface area contributed by atoms with E-state index in [1.165, 1.54) is 49.9 Å². The summed E-state index contributed by atoms with van der Waals surface area (Å²) < 4.78 is 23.2. The number of nitrogens with one attached hydrogen (secondary N) is 1. The Balaban J connectivity index is 1.37. The fraction of sp³-hybridized carbons (Fsp3) is 0.810. The van der Waals surface area contributed by atoms with Crippen LogP contribution < -0.4 is 5.32 Å². The molecule has 0 radical (unpaired) electrons. The summed E-state index contributed by atoms with van der Waals surface area (Å²) in [6.45, 7) is 1.83. The SMILES string of the molecule is O=C(Nc1ncc(CN2CCS(=O)(=O)CC2)s1)N(C1CCCCC1)C1CCCCC1. The molecular formula is C21H34N4O3S2. The zero-order chi connectivity index (χ0) is 21.0. The monoisotopic (exact) mass is 454 g/mol. The van der Waals surface area contributed by atoms with Gasteiger partial charge >= 0.3 is 6.03 Å². The van der Waals surface area contributed by atoms with Crippen LogP contribution in [0.2, 0.25) is 0 Å². The van der Waals surface area contributed by atoms with Crippen LogP contribution in [0.1, 0.15) is 69.1 Å². The topological polar surface area (TPSA) is 82.6 Å². The van der Waals surface area contributed by atoms with Gasteiger partial charge in [0, 0.05) is 42.8 Å². The van der Waals surface area contributed by atoms with Crippen molar-refractivity contribution in [1.82, 2.24) is 14.8 Å². The second kappa shape index (κ2) is 9.96. The summed E-state index contributed by atoms with van der Waals surface area (Å²) in [5.41, 5.74) is 0. The van der Waals surface area contributed by atoms with Crippen LogP contribution in [0.5, 0.6) is 0 Å². The number of hydrogen-bond donors (Lipinski definition) is 1. The van der Waals surface area contributed by atoms with Gasteiger partial charge in [-0.25, -0.2) is 18.2 Å². The lowest BCUT2D eigenvalue weighted by Crippen LogP contribution is -2.50. The molecule has 2 amide bonds. The second-order valence-electron chi connectivity index (χ2n) is 8.98. The lowest BCUT2D eigenvalue weighted by Gasteiger charge is -2.41. The van der Waals surface area contributed by atoms with Crippen molar-refractivity contribution in [2.24, 2.45) is 0 Å². The Kier molecular flexibility index (Phi) is 7.31. The molecule has 1 aliphatic heterocycles. The van der Waals surface area contributed by atoms with E-state index in [2.05, 4.69) is 20.1 Å². The third-order valence-corrected chi connectivity index (χ3v) is 9.26. The van der Waals surface area contributed by atoms with Crippen molar-refractivity contribution >= 4 is 32.3 Å². The average Bonchev–Trinajstić information content (AvgIpc) is 3.18. The van der Waals surface area contributed by atoms with Crippen molar-refractivity contribution in [2.75, 3.05) is 29.9 Å². The van der Waals surface area contributed by atoms with Crippen molar-refractivity contribution in [1.29, 1.82) is 0 Å². The van der Waals surface area contributed by atoms with E-state index in [9.17, 15) is 13.2 Å². The van der Waals surface area contributed by atoms with Gasteiger partial charge < -0.3 is 4.90 Å². The van der Waals surface area contributed by atoms with E-state index in [1.807, 2.05) is 6.20 Å². The van der Waals surface area contributed by atoms with Gasteiger partial charge in [0.15, 0.2) is 15.0 Å². The molecule has 1 N–H and O–H groups in total. The van der Waals surface area contributed by atoms with E-state index in [0.717, 1.165) is 30.6 Å². The Bertz CT molecular complexity index is 782. The molecule has 0 spiro atoms. The average molecular weight is 455 g/mol. The number of carbonyl (C=O) groups is 1. The molecule has 3 fully saturated rings. The molecule has 7 nitrogen and oxygen atoms in total. The largest absolute Gasteiger partial charge is 0.324 e. The van der Waals surface area contributed by atoms with Crippen LogP contribution >= 0.6 is 11.3 Å². The van der Waals surface area contributed by atoms with Gasteiger partial charge in [0.25, 0.3) is 0 Å². The van der Waals surface area contributed by atoms with Gasteiger partial charge in [-0.15, -0.1) is 11.3 Å². The van der Waals surface area contributed by atoms with Crippen LogP contribution in [0.25, 0.3) is 0 Å². The van der Waals surface area contributed by atoms with E-state index < -0.39 is 9.84 Å². The Morgan fingerprint density at radius 2 is 1.60 bits per heavy atom. The number of hydrogen-bond acceptors (Lipinski definition) is 6. The zero-order valence-corrected chi connectivity index (χ0v) is 19.4. The molecule has 1 aromatic heterocycles. The predicted molar refractivity (Wildman–Crippen MR) is 121 cm³/mol. The van der Waals surface area contributed by atoms with Crippen LogP contribution in [-0.2, 0) is 16.4 Å². The number of urea groups is 1. The molecule has 0 aromatic carbocycles. The Labute approximate surface area is 184 Å². The smallest absolute Gasteiger partial charge is 0.319 e. The third-order valence-electron chi connectivity index (χ3n) is 6.75. The van der Waals surface area contributed by atoms with Crippen molar-refractivity contribution in [2.45, 2.75) is 82.8 Å². The number of sulfone groups is 1. The highest BCUT2D eigenvalue weighted by atomic mass is 32.2. The minimum atomic E-state index is -2.87. The van der Waals surface area contributed by atoms with Gasteiger partial charge in [-0.3, -0.25) is 10.2 Å². The first-order valence-corrected chi connectivity index (χ1v) is 14.1. The van der Waals surface area contributed by atoms with Crippen molar-refractivity contribution in [3.8, 4) is 0 Å². The second-order valence-corrected chi connectivity index (χ2v) is 12.4. The minimum Gasteiger partial charge on any atom is -0.319 e. The van der Waals surface area contributed by atoms with E-state index in [0.29, 0.717) is 36.8 Å². The van der Waals surface area contributed by atoms with Gasteiger partial charge in [0.05, 0.1) is 11.5 Å². The normalized spacial score (nSPS) is 23.9. The highest BCUT2D eigenvalue weighted by Crippen LogP contribution is 2.31. The van der Waals surface area contributed by atoms with Crippen LogP contribution in [-0.4, -0.2) is 65.9 Å². The van der Waals surface area contributed by atoms with Gasteiger partial charge in [-0.05, 0) is 25.7 Å². The fourth-order valence-electron chi connectivity index (χ4n) is 5.07. The number of carbonyl (C=O) groups excluding carboxylic acids is 1. The Morgan fingerprint density at radius 1 is 1.03 bits per heavy atom. The summed E-state index contributed by atoms with van der Waals surface area (Å²) in [4.78, 5) is 23.1. The van der Waals surface area contributed by atoms with Crippen molar-refractivity contribution < 1.29 is 13.2 Å². The first kappa shape index (κ1) is 22.0. The minimum absolute atomic E-state index is 0.0127. The number of rotatable bonds is 5. The van der Waals surface area contributed by atoms with Crippen LogP contribution in [0.3, 0.4) is 0 Å². The molecule has 30 heavy (non-hydrogen) atoms. The molecule has 4 rings (SSSR count).